The fourth-order valence-corrected chi connectivity index (χ4v) is 4.27. The summed E-state index contributed by atoms with van der Waals surface area (Å²) in [5, 5.41) is 10.8. The Morgan fingerprint density at radius 2 is 1.94 bits per heavy atom. The molecule has 9 nitrogen and oxygen atoms in total. The molecule has 1 fully saturated rings. The monoisotopic (exact) mass is 494 g/mol. The Hall–Kier alpha value is -3.99. The van der Waals surface area contributed by atoms with Crippen LogP contribution in [-0.2, 0) is 0 Å². The molecule has 3 aromatic heterocycles. The van der Waals surface area contributed by atoms with Crippen LogP contribution in [0.3, 0.4) is 0 Å². The molecular weight excluding hydrogens is 466 g/mol. The lowest BCUT2D eigenvalue weighted by Gasteiger charge is -2.35. The van der Waals surface area contributed by atoms with Gasteiger partial charge in [-0.05, 0) is 38.1 Å². The normalized spacial score (nSPS) is 14.7. The molecule has 0 saturated carbocycles. The van der Waals surface area contributed by atoms with Crippen LogP contribution in [0.25, 0.3) is 17.0 Å². The Kier molecular flexibility index (Phi) is 6.81. The van der Waals surface area contributed by atoms with Gasteiger partial charge >= 0.3 is 6.01 Å². The van der Waals surface area contributed by atoms with Crippen molar-refractivity contribution < 1.29 is 13.5 Å². The molecule has 0 amide bonds. The van der Waals surface area contributed by atoms with E-state index in [4.69, 9.17) is 4.74 Å². The predicted octanol–water partition coefficient (Wildman–Crippen LogP) is 4.79. The van der Waals surface area contributed by atoms with Crippen molar-refractivity contribution in [2.45, 2.75) is 13.8 Å². The molecule has 188 valence electrons. The summed E-state index contributed by atoms with van der Waals surface area (Å²) in [7, 11) is 0. The molecule has 0 bridgehead atoms. The maximum absolute atomic E-state index is 15.2. The van der Waals surface area contributed by atoms with Gasteiger partial charge in [0.15, 0.2) is 17.4 Å². The summed E-state index contributed by atoms with van der Waals surface area (Å²) in [4.78, 5) is 16.3. The van der Waals surface area contributed by atoms with Gasteiger partial charge in [0.1, 0.15) is 18.3 Å². The molecule has 1 saturated heterocycles. The first-order chi connectivity index (χ1) is 17.5. The van der Waals surface area contributed by atoms with Gasteiger partial charge in [0.25, 0.3) is 0 Å². The average Bonchev–Trinajstić information content (AvgIpc) is 3.47. The van der Waals surface area contributed by atoms with Crippen LogP contribution in [0.15, 0.2) is 36.4 Å². The van der Waals surface area contributed by atoms with Crippen molar-refractivity contribution in [1.29, 1.82) is 0 Å². The molecule has 4 aromatic rings. The van der Waals surface area contributed by atoms with Crippen LogP contribution >= 0.6 is 0 Å². The van der Waals surface area contributed by atoms with Gasteiger partial charge in [-0.3, -0.25) is 10.00 Å². The number of aryl methyl sites for hydroxylation is 1. The molecule has 0 spiro atoms. The third-order valence-electron chi connectivity index (χ3n) is 6.03. The van der Waals surface area contributed by atoms with Crippen LogP contribution in [-0.4, -0.2) is 69.4 Å². The number of piperazine rings is 1. The number of hydrogen-bond donors (Lipinski definition) is 3. The Morgan fingerprint density at radius 3 is 2.72 bits per heavy atom. The average molecular weight is 495 g/mol. The third-order valence-corrected chi connectivity index (χ3v) is 6.03. The molecule has 0 atom stereocenters. The first-order valence-electron chi connectivity index (χ1n) is 11.9. The highest BCUT2D eigenvalue weighted by Gasteiger charge is 2.21. The van der Waals surface area contributed by atoms with Crippen LogP contribution < -0.4 is 15.0 Å². The van der Waals surface area contributed by atoms with E-state index in [0.29, 0.717) is 48.0 Å². The first-order valence-corrected chi connectivity index (χ1v) is 11.9. The number of nitrogens with zero attached hydrogens (tertiary/aromatic N) is 5. The lowest BCUT2D eigenvalue weighted by Crippen LogP contribution is -2.47. The fourth-order valence-electron chi connectivity index (χ4n) is 4.27. The summed E-state index contributed by atoms with van der Waals surface area (Å²) in [6.45, 7) is 6.64. The van der Waals surface area contributed by atoms with E-state index in [0.717, 1.165) is 24.5 Å². The number of anilines is 3. The second-order valence-corrected chi connectivity index (χ2v) is 8.64. The quantitative estimate of drug-likeness (QED) is 0.324. The van der Waals surface area contributed by atoms with E-state index in [1.165, 1.54) is 0 Å². The second kappa shape index (κ2) is 10.3. The molecule has 36 heavy (non-hydrogen) atoms. The van der Waals surface area contributed by atoms with Gasteiger partial charge in [0, 0.05) is 61.5 Å². The van der Waals surface area contributed by atoms with Gasteiger partial charge in [-0.15, -0.1) is 0 Å². The van der Waals surface area contributed by atoms with Crippen LogP contribution in [0.5, 0.6) is 11.8 Å². The summed E-state index contributed by atoms with van der Waals surface area (Å²) in [6, 6.07) is 8.72. The number of nitrogens with one attached hydrogen (secondary N) is 3. The number of aromatic nitrogens is 5. The number of benzene rings is 1. The summed E-state index contributed by atoms with van der Waals surface area (Å²) in [5.41, 5.74) is 2.39. The minimum absolute atomic E-state index is 0.0101. The van der Waals surface area contributed by atoms with E-state index >= 15 is 4.39 Å². The highest BCUT2D eigenvalue weighted by atomic mass is 19.1. The summed E-state index contributed by atoms with van der Waals surface area (Å²) < 4.78 is 33.8. The number of allylic oxidation sites excluding steroid dienone is 1. The first kappa shape index (κ1) is 23.7. The van der Waals surface area contributed by atoms with E-state index in [-0.39, 0.29) is 18.4 Å². The minimum Gasteiger partial charge on any atom is -0.421 e. The van der Waals surface area contributed by atoms with Gasteiger partial charge in [0.2, 0.25) is 0 Å². The lowest BCUT2D eigenvalue weighted by molar-refractivity contribution is 0.235. The zero-order valence-corrected chi connectivity index (χ0v) is 20.2. The number of ether oxygens (including phenoxy) is 1. The smallest absolute Gasteiger partial charge is 0.326 e. The van der Waals surface area contributed by atoms with Crippen LogP contribution in [0, 0.1) is 12.7 Å². The second-order valence-electron chi connectivity index (χ2n) is 8.64. The molecule has 1 aliphatic rings. The number of alkyl halides is 1. The van der Waals surface area contributed by atoms with Gasteiger partial charge < -0.3 is 19.9 Å². The molecule has 1 aliphatic heterocycles. The summed E-state index contributed by atoms with van der Waals surface area (Å²) in [5.74, 6) is 1.21. The Labute approximate surface area is 207 Å². The van der Waals surface area contributed by atoms with Crippen molar-refractivity contribution in [1.82, 2.24) is 30.0 Å². The van der Waals surface area contributed by atoms with Crippen molar-refractivity contribution in [3.63, 3.8) is 0 Å². The molecule has 1 aromatic carbocycles. The molecule has 3 N–H and O–H groups in total. The maximum atomic E-state index is 15.2. The maximum Gasteiger partial charge on any atom is 0.326 e. The van der Waals surface area contributed by atoms with E-state index < -0.39 is 5.82 Å². The largest absolute Gasteiger partial charge is 0.421 e. The zero-order chi connectivity index (χ0) is 25.1. The van der Waals surface area contributed by atoms with Crippen LogP contribution in [0.2, 0.25) is 0 Å². The molecule has 0 unspecified atom stereocenters. The van der Waals surface area contributed by atoms with Gasteiger partial charge in [-0.2, -0.15) is 15.1 Å². The van der Waals surface area contributed by atoms with Gasteiger partial charge in [0.05, 0.1) is 5.69 Å². The topological polar surface area (TPSA) is 98.0 Å². The summed E-state index contributed by atoms with van der Waals surface area (Å²) >= 11 is 0. The number of aromatic amines is 2. The number of fused-ring (bicyclic) bond motifs is 1. The lowest BCUT2D eigenvalue weighted by atomic mass is 10.2. The minimum atomic E-state index is -0.483. The Balaban J connectivity index is 1.45. The zero-order valence-electron chi connectivity index (χ0n) is 20.2. The Bertz CT molecular complexity index is 1370. The van der Waals surface area contributed by atoms with E-state index in [1.807, 2.05) is 32.1 Å². The van der Waals surface area contributed by atoms with Crippen molar-refractivity contribution in [3.8, 4) is 11.8 Å². The Morgan fingerprint density at radius 1 is 1.11 bits per heavy atom. The molecule has 4 heterocycles. The predicted molar refractivity (Wildman–Crippen MR) is 136 cm³/mol. The third kappa shape index (κ3) is 5.15. The molecule has 0 aliphatic carbocycles. The fraction of sp³-hybridized carbons (Fsp3) is 0.320. The van der Waals surface area contributed by atoms with Crippen LogP contribution in [0.4, 0.5) is 26.2 Å². The van der Waals surface area contributed by atoms with Crippen molar-refractivity contribution >= 4 is 34.4 Å². The number of halogens is 2. The molecule has 11 heteroatoms. The van der Waals surface area contributed by atoms with Gasteiger partial charge in [-0.25, -0.2) is 8.78 Å². The SMILES string of the molecule is C/C=C/c1cc(Nc2cc(N3CCN(CCF)CC3)nc(Oc3ccc4[nH]c(C)cc4c3F)n2)n[nH]1. The molecule has 5 rings (SSSR count). The standard InChI is InChI=1S/C25H28F2N8O/c1-3-4-17-14-22(33-32-17)29-21-15-23(35-11-9-34(8-7-26)10-12-35)31-25(30-21)36-20-6-5-19-18(24(20)27)13-16(2)28-19/h3-6,13-15,28H,7-12H2,1-2H3,(H2,29,30,31,32,33)/b4-3+. The molecular formula is C25H28F2N8O. The van der Waals surface area contributed by atoms with Gasteiger partial charge in [-0.1, -0.05) is 6.08 Å². The van der Waals surface area contributed by atoms with Crippen molar-refractivity contribution in [2.75, 3.05) is 49.6 Å². The molecule has 0 radical (unpaired) electrons. The number of rotatable bonds is 8. The number of hydrogen-bond acceptors (Lipinski definition) is 7. The van der Waals surface area contributed by atoms with E-state index in [1.54, 1.807) is 24.3 Å². The van der Waals surface area contributed by atoms with Crippen molar-refractivity contribution in [3.05, 3.63) is 53.6 Å². The highest BCUT2D eigenvalue weighted by Crippen LogP contribution is 2.31. The number of H-pyrrole nitrogens is 2. The van der Waals surface area contributed by atoms with E-state index in [9.17, 15) is 4.39 Å². The summed E-state index contributed by atoms with van der Waals surface area (Å²) in [6.07, 6.45) is 3.81. The van der Waals surface area contributed by atoms with E-state index in [2.05, 4.69) is 40.3 Å². The highest BCUT2D eigenvalue weighted by molar-refractivity contribution is 5.82. The van der Waals surface area contributed by atoms with Crippen molar-refractivity contribution in [2.24, 2.45) is 0 Å². The van der Waals surface area contributed by atoms with Crippen LogP contribution in [0.1, 0.15) is 18.3 Å².